The van der Waals surface area contributed by atoms with E-state index in [-0.39, 0.29) is 25.1 Å². The maximum absolute atomic E-state index is 12.4. The maximum atomic E-state index is 12.4. The number of alkyl carbamates (subject to hydrolysis) is 1. The highest BCUT2D eigenvalue weighted by Crippen LogP contribution is 2.24. The predicted molar refractivity (Wildman–Crippen MR) is 167 cm³/mol. The fraction of sp³-hybridized carbons (Fsp3) is 0.529. The highest BCUT2D eigenvalue weighted by Gasteiger charge is 2.40. The van der Waals surface area contributed by atoms with E-state index < -0.39 is 23.1 Å². The van der Waals surface area contributed by atoms with Gasteiger partial charge < -0.3 is 24.8 Å². The van der Waals surface area contributed by atoms with Gasteiger partial charge in [-0.1, -0.05) is 87.4 Å². The third kappa shape index (κ3) is 14.2. The van der Waals surface area contributed by atoms with Crippen LogP contribution in [0.25, 0.3) is 0 Å². The zero-order chi connectivity index (χ0) is 32.1. The Hall–Kier alpha value is -3.88. The Kier molecular flexibility index (Phi) is 17.4. The SMILES string of the molecule is CCCC(CCc1ccccc1)(COC(C)=O)NC(C)=O.CCCC(CCc1ccccc1)(NC(=O)OC)C(=O)OCC. The lowest BCUT2D eigenvalue weighted by atomic mass is 9.87. The van der Waals surface area contributed by atoms with Crippen molar-refractivity contribution >= 4 is 23.9 Å². The Labute approximate surface area is 257 Å². The zero-order valence-electron chi connectivity index (χ0n) is 26.7. The predicted octanol–water partition coefficient (Wildman–Crippen LogP) is 5.93. The lowest BCUT2D eigenvalue weighted by Gasteiger charge is -2.34. The number of aryl methyl sites for hydroxylation is 2. The van der Waals surface area contributed by atoms with Crippen LogP contribution in [0.5, 0.6) is 0 Å². The number of rotatable bonds is 16. The average molecular weight is 599 g/mol. The molecule has 2 aromatic rings. The number of hydrogen-bond acceptors (Lipinski definition) is 7. The molecule has 2 aromatic carbocycles. The van der Waals surface area contributed by atoms with E-state index in [2.05, 4.69) is 34.4 Å². The van der Waals surface area contributed by atoms with Crippen molar-refractivity contribution in [3.05, 3.63) is 71.8 Å². The molecule has 0 radical (unpaired) electrons. The van der Waals surface area contributed by atoms with Crippen molar-refractivity contribution in [1.29, 1.82) is 0 Å². The van der Waals surface area contributed by atoms with E-state index in [0.29, 0.717) is 19.3 Å². The summed E-state index contributed by atoms with van der Waals surface area (Å²) in [7, 11) is 1.29. The van der Waals surface area contributed by atoms with Gasteiger partial charge >= 0.3 is 18.0 Å². The van der Waals surface area contributed by atoms with Gasteiger partial charge in [-0.05, 0) is 56.6 Å². The molecule has 0 aliphatic heterocycles. The lowest BCUT2D eigenvalue weighted by molar-refractivity contribution is -0.151. The first-order valence-corrected chi connectivity index (χ1v) is 15.1. The second kappa shape index (κ2) is 20.1. The van der Waals surface area contributed by atoms with Gasteiger partial charge in [0.2, 0.25) is 5.91 Å². The minimum Gasteiger partial charge on any atom is -0.464 e. The molecule has 2 atom stereocenters. The monoisotopic (exact) mass is 598 g/mol. The Balaban J connectivity index is 0.000000430. The summed E-state index contributed by atoms with van der Waals surface area (Å²) in [6, 6.07) is 20.0. The molecular formula is C34H50N2O7. The molecule has 2 unspecified atom stereocenters. The smallest absolute Gasteiger partial charge is 0.407 e. The molecule has 0 saturated carbocycles. The van der Waals surface area contributed by atoms with Crippen molar-refractivity contribution in [2.24, 2.45) is 0 Å². The zero-order valence-corrected chi connectivity index (χ0v) is 26.7. The van der Waals surface area contributed by atoms with E-state index in [4.69, 9.17) is 9.47 Å². The van der Waals surface area contributed by atoms with Crippen LogP contribution in [0.1, 0.15) is 84.3 Å². The van der Waals surface area contributed by atoms with Gasteiger partial charge in [0.05, 0.1) is 19.3 Å². The molecule has 2 rings (SSSR count). The van der Waals surface area contributed by atoms with Gasteiger partial charge in [0.15, 0.2) is 0 Å². The summed E-state index contributed by atoms with van der Waals surface area (Å²) in [5, 5.41) is 5.70. The van der Waals surface area contributed by atoms with Gasteiger partial charge in [0.1, 0.15) is 12.1 Å². The molecule has 0 spiro atoms. The summed E-state index contributed by atoms with van der Waals surface area (Å²) >= 11 is 0. The number of hydrogen-bond donors (Lipinski definition) is 2. The van der Waals surface area contributed by atoms with Crippen molar-refractivity contribution in [2.45, 2.75) is 97.1 Å². The average Bonchev–Trinajstić information content (AvgIpc) is 2.99. The summed E-state index contributed by atoms with van der Waals surface area (Å²) < 4.78 is 15.1. The van der Waals surface area contributed by atoms with Crippen LogP contribution in [0.2, 0.25) is 0 Å². The van der Waals surface area contributed by atoms with Crippen LogP contribution < -0.4 is 10.6 Å². The first-order valence-electron chi connectivity index (χ1n) is 15.1. The summed E-state index contributed by atoms with van der Waals surface area (Å²) in [5.74, 6) is -0.817. The molecule has 238 valence electrons. The molecule has 9 nitrogen and oxygen atoms in total. The first-order chi connectivity index (χ1) is 20.5. The molecule has 0 aromatic heterocycles. The van der Waals surface area contributed by atoms with Gasteiger partial charge in [-0.2, -0.15) is 0 Å². The summed E-state index contributed by atoms with van der Waals surface area (Å²) in [6.45, 7) is 9.18. The van der Waals surface area contributed by atoms with Crippen LogP contribution in [0.15, 0.2) is 60.7 Å². The molecule has 0 saturated heterocycles. The van der Waals surface area contributed by atoms with Crippen LogP contribution >= 0.6 is 0 Å². The molecule has 2 N–H and O–H groups in total. The molecule has 0 fully saturated rings. The maximum Gasteiger partial charge on any atom is 0.407 e. The van der Waals surface area contributed by atoms with E-state index >= 15 is 0 Å². The van der Waals surface area contributed by atoms with Crippen LogP contribution in [0.3, 0.4) is 0 Å². The van der Waals surface area contributed by atoms with E-state index in [1.807, 2.05) is 55.5 Å². The highest BCUT2D eigenvalue weighted by molar-refractivity contribution is 5.85. The van der Waals surface area contributed by atoms with Gasteiger partial charge in [-0.3, -0.25) is 9.59 Å². The number of methoxy groups -OCH3 is 1. The number of esters is 2. The van der Waals surface area contributed by atoms with Crippen molar-refractivity contribution in [3.8, 4) is 0 Å². The number of nitrogens with one attached hydrogen (secondary N) is 2. The quantitative estimate of drug-likeness (QED) is 0.181. The summed E-state index contributed by atoms with van der Waals surface area (Å²) in [5.41, 5.74) is 0.792. The van der Waals surface area contributed by atoms with Crippen LogP contribution in [0.4, 0.5) is 4.79 Å². The van der Waals surface area contributed by atoms with Gasteiger partial charge in [0.25, 0.3) is 0 Å². The Bertz CT molecular complexity index is 1110. The third-order valence-electron chi connectivity index (χ3n) is 7.01. The lowest BCUT2D eigenvalue weighted by Crippen LogP contribution is -2.55. The molecule has 9 heteroatoms. The third-order valence-corrected chi connectivity index (χ3v) is 7.01. The minimum absolute atomic E-state index is 0.0938. The van der Waals surface area contributed by atoms with Crippen molar-refractivity contribution < 1.29 is 33.4 Å². The van der Waals surface area contributed by atoms with Crippen molar-refractivity contribution in [1.82, 2.24) is 10.6 Å². The van der Waals surface area contributed by atoms with Crippen LogP contribution in [0, 0.1) is 0 Å². The number of benzene rings is 2. The summed E-state index contributed by atoms with van der Waals surface area (Å²) in [6.07, 6.45) is 5.06. The topological polar surface area (TPSA) is 120 Å². The van der Waals surface area contributed by atoms with E-state index in [1.54, 1.807) is 6.92 Å². The van der Waals surface area contributed by atoms with E-state index in [9.17, 15) is 19.2 Å². The number of ether oxygens (including phenoxy) is 3. The van der Waals surface area contributed by atoms with Crippen molar-refractivity contribution in [3.63, 3.8) is 0 Å². The molecule has 0 aliphatic rings. The fourth-order valence-electron chi connectivity index (χ4n) is 5.00. The number of amides is 2. The molecular weight excluding hydrogens is 548 g/mol. The van der Waals surface area contributed by atoms with Crippen LogP contribution in [-0.2, 0) is 41.4 Å². The van der Waals surface area contributed by atoms with Gasteiger partial charge in [0, 0.05) is 13.8 Å². The van der Waals surface area contributed by atoms with Gasteiger partial charge in [-0.15, -0.1) is 0 Å². The largest absolute Gasteiger partial charge is 0.464 e. The van der Waals surface area contributed by atoms with Gasteiger partial charge in [-0.25, -0.2) is 9.59 Å². The Morgan fingerprint density at radius 2 is 1.23 bits per heavy atom. The molecule has 0 aliphatic carbocycles. The first kappa shape index (κ1) is 37.1. The Morgan fingerprint density at radius 3 is 1.67 bits per heavy atom. The molecule has 43 heavy (non-hydrogen) atoms. The minimum atomic E-state index is -1.05. The van der Waals surface area contributed by atoms with E-state index in [0.717, 1.165) is 37.7 Å². The second-order valence-electron chi connectivity index (χ2n) is 10.6. The standard InChI is InChI=1S/C17H25NO4.C17H25NO3/c1-4-12-17(15(19)22-5-2,18-16(20)21-3)13-11-14-9-7-6-8-10-14;1-4-11-17(18-14(2)19,13-21-15(3)20)12-10-16-8-6-5-7-9-16/h6-10H,4-5,11-13H2,1-3H3,(H,18,20);5-9H,4,10-13H2,1-3H3,(H,18,19). The van der Waals surface area contributed by atoms with E-state index in [1.165, 1.54) is 26.5 Å². The Morgan fingerprint density at radius 1 is 0.698 bits per heavy atom. The molecule has 0 bridgehead atoms. The fourth-order valence-corrected chi connectivity index (χ4v) is 5.00. The normalized spacial score (nSPS) is 13.2. The molecule has 2 amide bonds. The second-order valence-corrected chi connectivity index (χ2v) is 10.6. The van der Waals surface area contributed by atoms with Crippen LogP contribution in [-0.4, -0.2) is 55.3 Å². The number of carbonyl (C=O) groups excluding carboxylic acids is 4. The highest BCUT2D eigenvalue weighted by atomic mass is 16.5. The summed E-state index contributed by atoms with van der Waals surface area (Å²) in [4.78, 5) is 46.8. The number of carbonyl (C=O) groups is 4. The molecule has 0 heterocycles. The van der Waals surface area contributed by atoms with Crippen molar-refractivity contribution in [2.75, 3.05) is 20.3 Å².